The first-order valence-electron chi connectivity index (χ1n) is 6.08. The SMILES string of the molecule is Cn1nc(Br)c2ccc(C3CCNCC3)cc21. The standard InChI is InChI=1S/C13H16BrN3/c1-17-12-8-10(9-4-6-15-7-5-9)2-3-11(12)13(14)16-17/h2-3,8-9,15H,4-7H2,1H3. The van der Waals surface area contributed by atoms with E-state index < -0.39 is 0 Å². The van der Waals surface area contributed by atoms with Crippen LogP contribution in [0.25, 0.3) is 10.9 Å². The van der Waals surface area contributed by atoms with Crippen molar-refractivity contribution in [1.29, 1.82) is 0 Å². The van der Waals surface area contributed by atoms with Gasteiger partial charge in [-0.3, -0.25) is 4.68 Å². The summed E-state index contributed by atoms with van der Waals surface area (Å²) in [5.41, 5.74) is 2.67. The van der Waals surface area contributed by atoms with Crippen LogP contribution in [0.1, 0.15) is 24.3 Å². The summed E-state index contributed by atoms with van der Waals surface area (Å²) in [6.45, 7) is 2.27. The van der Waals surface area contributed by atoms with E-state index in [0.29, 0.717) is 5.92 Å². The average molecular weight is 294 g/mol. The van der Waals surface area contributed by atoms with Gasteiger partial charge in [0.25, 0.3) is 0 Å². The van der Waals surface area contributed by atoms with Crippen LogP contribution in [0, 0.1) is 0 Å². The highest BCUT2D eigenvalue weighted by Gasteiger charge is 2.16. The van der Waals surface area contributed by atoms with Crippen LogP contribution in [0.15, 0.2) is 22.8 Å². The van der Waals surface area contributed by atoms with Crippen molar-refractivity contribution < 1.29 is 0 Å². The minimum absolute atomic E-state index is 0.703. The predicted octanol–water partition coefficient (Wildman–Crippen LogP) is 2.80. The molecule has 0 radical (unpaired) electrons. The van der Waals surface area contributed by atoms with Crippen molar-refractivity contribution in [3.63, 3.8) is 0 Å². The maximum absolute atomic E-state index is 4.40. The van der Waals surface area contributed by atoms with Gasteiger partial charge in [0.05, 0.1) is 5.52 Å². The molecule has 2 heterocycles. The van der Waals surface area contributed by atoms with E-state index in [9.17, 15) is 0 Å². The summed E-state index contributed by atoms with van der Waals surface area (Å²) in [6.07, 6.45) is 2.48. The van der Waals surface area contributed by atoms with Gasteiger partial charge in [0, 0.05) is 12.4 Å². The van der Waals surface area contributed by atoms with Gasteiger partial charge in [0.15, 0.2) is 0 Å². The molecule has 3 rings (SSSR count). The molecule has 0 saturated carbocycles. The number of rotatable bonds is 1. The lowest BCUT2D eigenvalue weighted by molar-refractivity contribution is 0.460. The Kier molecular flexibility index (Phi) is 2.92. The number of fused-ring (bicyclic) bond motifs is 1. The summed E-state index contributed by atoms with van der Waals surface area (Å²) in [4.78, 5) is 0. The molecule has 0 spiro atoms. The van der Waals surface area contributed by atoms with Gasteiger partial charge in [-0.1, -0.05) is 6.07 Å². The number of aryl methyl sites for hydroxylation is 1. The number of benzene rings is 1. The Hall–Kier alpha value is -0.870. The highest BCUT2D eigenvalue weighted by Crippen LogP contribution is 2.30. The minimum Gasteiger partial charge on any atom is -0.317 e. The second kappa shape index (κ2) is 4.42. The van der Waals surface area contributed by atoms with Crippen molar-refractivity contribution in [1.82, 2.24) is 15.1 Å². The number of halogens is 1. The summed E-state index contributed by atoms with van der Waals surface area (Å²) >= 11 is 3.50. The van der Waals surface area contributed by atoms with E-state index in [0.717, 1.165) is 17.7 Å². The summed E-state index contributed by atoms with van der Waals surface area (Å²) in [7, 11) is 2.00. The van der Waals surface area contributed by atoms with Crippen molar-refractivity contribution >= 4 is 26.8 Å². The molecule has 1 aliphatic rings. The molecule has 4 heteroatoms. The Labute approximate surface area is 109 Å². The quantitative estimate of drug-likeness (QED) is 0.876. The number of nitrogens with zero attached hydrogens (tertiary/aromatic N) is 2. The maximum Gasteiger partial charge on any atom is 0.135 e. The van der Waals surface area contributed by atoms with Crippen LogP contribution in [0.5, 0.6) is 0 Å². The van der Waals surface area contributed by atoms with Crippen molar-refractivity contribution in [3.8, 4) is 0 Å². The number of nitrogens with one attached hydrogen (secondary N) is 1. The molecule has 1 N–H and O–H groups in total. The van der Waals surface area contributed by atoms with Gasteiger partial charge < -0.3 is 5.32 Å². The van der Waals surface area contributed by atoms with Crippen molar-refractivity contribution in [2.45, 2.75) is 18.8 Å². The molecule has 0 unspecified atom stereocenters. The first kappa shape index (κ1) is 11.2. The van der Waals surface area contributed by atoms with E-state index in [2.05, 4.69) is 44.5 Å². The highest BCUT2D eigenvalue weighted by atomic mass is 79.9. The van der Waals surface area contributed by atoms with Gasteiger partial charge in [-0.05, 0) is 65.5 Å². The lowest BCUT2D eigenvalue weighted by atomic mass is 9.90. The fourth-order valence-corrected chi connectivity index (χ4v) is 3.21. The molecule has 0 bridgehead atoms. The number of piperidine rings is 1. The maximum atomic E-state index is 4.40. The molecular weight excluding hydrogens is 278 g/mol. The van der Waals surface area contributed by atoms with Crippen LogP contribution in [0.3, 0.4) is 0 Å². The number of aromatic nitrogens is 2. The van der Waals surface area contributed by atoms with E-state index >= 15 is 0 Å². The highest BCUT2D eigenvalue weighted by molar-refractivity contribution is 9.10. The van der Waals surface area contributed by atoms with E-state index in [4.69, 9.17) is 0 Å². The topological polar surface area (TPSA) is 29.9 Å². The second-order valence-electron chi connectivity index (χ2n) is 4.72. The first-order chi connectivity index (χ1) is 8.25. The third-order valence-electron chi connectivity index (χ3n) is 3.64. The third kappa shape index (κ3) is 2.00. The van der Waals surface area contributed by atoms with Gasteiger partial charge in [-0.25, -0.2) is 0 Å². The third-order valence-corrected chi connectivity index (χ3v) is 4.23. The fourth-order valence-electron chi connectivity index (χ4n) is 2.64. The molecule has 0 amide bonds. The van der Waals surface area contributed by atoms with E-state index in [1.165, 1.54) is 29.3 Å². The molecule has 0 aliphatic carbocycles. The zero-order chi connectivity index (χ0) is 11.8. The van der Waals surface area contributed by atoms with Gasteiger partial charge in [0.1, 0.15) is 4.60 Å². The summed E-state index contributed by atoms with van der Waals surface area (Å²) in [5.74, 6) is 0.703. The summed E-state index contributed by atoms with van der Waals surface area (Å²) in [5, 5.41) is 9.01. The lowest BCUT2D eigenvalue weighted by Gasteiger charge is -2.23. The fraction of sp³-hybridized carbons (Fsp3) is 0.462. The Morgan fingerprint density at radius 3 is 2.88 bits per heavy atom. The van der Waals surface area contributed by atoms with Crippen LogP contribution < -0.4 is 5.32 Å². The van der Waals surface area contributed by atoms with Crippen LogP contribution in [0.2, 0.25) is 0 Å². The molecule has 1 fully saturated rings. The number of hydrogen-bond donors (Lipinski definition) is 1. The monoisotopic (exact) mass is 293 g/mol. The summed E-state index contributed by atoms with van der Waals surface area (Å²) < 4.78 is 2.89. The Morgan fingerprint density at radius 2 is 2.12 bits per heavy atom. The second-order valence-corrected chi connectivity index (χ2v) is 5.47. The number of hydrogen-bond acceptors (Lipinski definition) is 2. The summed E-state index contributed by atoms with van der Waals surface area (Å²) in [6, 6.07) is 6.73. The Morgan fingerprint density at radius 1 is 1.35 bits per heavy atom. The van der Waals surface area contributed by atoms with Gasteiger partial charge in [-0.2, -0.15) is 5.10 Å². The minimum atomic E-state index is 0.703. The van der Waals surface area contributed by atoms with Gasteiger partial charge >= 0.3 is 0 Å². The van der Waals surface area contributed by atoms with Crippen molar-refractivity contribution in [3.05, 3.63) is 28.4 Å². The van der Waals surface area contributed by atoms with Crippen LogP contribution in [-0.2, 0) is 7.05 Å². The normalized spacial score (nSPS) is 17.8. The smallest absolute Gasteiger partial charge is 0.135 e. The Balaban J connectivity index is 2.03. The molecule has 1 saturated heterocycles. The first-order valence-corrected chi connectivity index (χ1v) is 6.88. The zero-order valence-electron chi connectivity index (χ0n) is 9.91. The molecule has 1 aromatic carbocycles. The molecular formula is C13H16BrN3. The van der Waals surface area contributed by atoms with Crippen LogP contribution in [0.4, 0.5) is 0 Å². The van der Waals surface area contributed by atoms with Gasteiger partial charge in [0.2, 0.25) is 0 Å². The van der Waals surface area contributed by atoms with Crippen molar-refractivity contribution in [2.24, 2.45) is 7.05 Å². The van der Waals surface area contributed by atoms with Crippen molar-refractivity contribution in [2.75, 3.05) is 13.1 Å². The van der Waals surface area contributed by atoms with E-state index in [1.54, 1.807) is 0 Å². The van der Waals surface area contributed by atoms with E-state index in [-0.39, 0.29) is 0 Å². The molecule has 3 nitrogen and oxygen atoms in total. The lowest BCUT2D eigenvalue weighted by Crippen LogP contribution is -2.26. The zero-order valence-corrected chi connectivity index (χ0v) is 11.5. The largest absolute Gasteiger partial charge is 0.317 e. The van der Waals surface area contributed by atoms with Gasteiger partial charge in [-0.15, -0.1) is 0 Å². The van der Waals surface area contributed by atoms with Crippen LogP contribution in [-0.4, -0.2) is 22.9 Å². The molecule has 1 aromatic heterocycles. The molecule has 0 atom stereocenters. The molecule has 90 valence electrons. The molecule has 17 heavy (non-hydrogen) atoms. The predicted molar refractivity (Wildman–Crippen MR) is 73.3 cm³/mol. The average Bonchev–Trinajstić information content (AvgIpc) is 2.66. The van der Waals surface area contributed by atoms with Crippen LogP contribution >= 0.6 is 15.9 Å². The molecule has 1 aliphatic heterocycles. The Bertz CT molecular complexity index is 541. The molecule has 2 aromatic rings. The van der Waals surface area contributed by atoms with E-state index in [1.807, 2.05) is 11.7 Å².